The van der Waals surface area contributed by atoms with E-state index in [-0.39, 0.29) is 18.2 Å². The number of hydrogen-bond donors (Lipinski definition) is 1. The molecule has 1 heterocycles. The minimum absolute atomic E-state index is 0.0970. The highest BCUT2D eigenvalue weighted by Gasteiger charge is 2.37. The summed E-state index contributed by atoms with van der Waals surface area (Å²) in [4.78, 5) is 31.1. The summed E-state index contributed by atoms with van der Waals surface area (Å²) >= 11 is 7.30. The Labute approximate surface area is 174 Å². The Balaban J connectivity index is 1.70. The predicted molar refractivity (Wildman–Crippen MR) is 117 cm³/mol. The minimum atomic E-state index is -0.484. The van der Waals surface area contributed by atoms with Crippen molar-refractivity contribution >= 4 is 51.7 Å². The molecule has 0 radical (unpaired) electrons. The van der Waals surface area contributed by atoms with Crippen LogP contribution in [0.1, 0.15) is 23.1 Å². The van der Waals surface area contributed by atoms with Crippen LogP contribution >= 0.6 is 23.4 Å². The Hall–Kier alpha value is -2.31. The molecule has 0 bridgehead atoms. The van der Waals surface area contributed by atoms with Gasteiger partial charge < -0.3 is 5.32 Å². The minimum Gasteiger partial charge on any atom is -0.326 e. The number of carbonyl (C=O) groups is 2. The van der Waals surface area contributed by atoms with Gasteiger partial charge in [0, 0.05) is 24.2 Å². The number of hydrogen-bond acceptors (Lipinski definition) is 4. The lowest BCUT2D eigenvalue weighted by Gasteiger charge is -2.11. The Morgan fingerprint density at radius 3 is 2.61 bits per heavy atom. The topological polar surface area (TPSA) is 61.8 Å². The fourth-order valence-electron chi connectivity index (χ4n) is 2.97. The summed E-state index contributed by atoms with van der Waals surface area (Å²) in [7, 11) is 1.68. The van der Waals surface area contributed by atoms with Crippen molar-refractivity contribution in [2.24, 2.45) is 4.99 Å². The SMILES string of the molecule is Cc1ccc(NC(=O)CC2SC(=Nc3ccc(Cl)cc3C)N(C)C2=O)c(C)c1. The van der Waals surface area contributed by atoms with E-state index in [1.54, 1.807) is 13.1 Å². The van der Waals surface area contributed by atoms with E-state index in [0.717, 1.165) is 28.1 Å². The lowest BCUT2D eigenvalue weighted by Crippen LogP contribution is -2.30. The first kappa shape index (κ1) is 20.4. The summed E-state index contributed by atoms with van der Waals surface area (Å²) in [6, 6.07) is 11.3. The van der Waals surface area contributed by atoms with E-state index in [4.69, 9.17) is 11.6 Å². The second-order valence-corrected chi connectivity index (χ2v) is 8.51. The molecular formula is C21H22ClN3O2S. The Morgan fingerprint density at radius 2 is 1.93 bits per heavy atom. The number of rotatable bonds is 4. The average molecular weight is 416 g/mol. The molecule has 7 heteroatoms. The van der Waals surface area contributed by atoms with Gasteiger partial charge in [0.1, 0.15) is 5.25 Å². The summed E-state index contributed by atoms with van der Waals surface area (Å²) in [6.45, 7) is 5.87. The van der Waals surface area contributed by atoms with Crippen LogP contribution in [0.5, 0.6) is 0 Å². The van der Waals surface area contributed by atoms with E-state index in [9.17, 15) is 9.59 Å². The van der Waals surface area contributed by atoms with Gasteiger partial charge in [0.2, 0.25) is 11.8 Å². The van der Waals surface area contributed by atoms with E-state index in [0.29, 0.717) is 10.2 Å². The van der Waals surface area contributed by atoms with Gasteiger partial charge in [-0.1, -0.05) is 41.1 Å². The largest absolute Gasteiger partial charge is 0.326 e. The molecule has 5 nitrogen and oxygen atoms in total. The standard InChI is InChI=1S/C21H22ClN3O2S/c1-12-5-7-16(13(2)9-12)23-19(26)11-18-20(27)25(4)21(28-18)24-17-8-6-15(22)10-14(17)3/h5-10,18H,11H2,1-4H3,(H,23,26). The molecule has 28 heavy (non-hydrogen) atoms. The maximum Gasteiger partial charge on any atom is 0.242 e. The molecule has 146 valence electrons. The van der Waals surface area contributed by atoms with Gasteiger partial charge in [-0.3, -0.25) is 14.5 Å². The van der Waals surface area contributed by atoms with E-state index in [1.165, 1.54) is 16.7 Å². The highest BCUT2D eigenvalue weighted by molar-refractivity contribution is 8.15. The third kappa shape index (κ3) is 4.56. The normalized spacial score (nSPS) is 18.0. The van der Waals surface area contributed by atoms with Gasteiger partial charge in [-0.25, -0.2) is 4.99 Å². The van der Waals surface area contributed by atoms with Gasteiger partial charge in [0.05, 0.1) is 5.69 Å². The zero-order valence-electron chi connectivity index (χ0n) is 16.2. The molecule has 2 aromatic carbocycles. The molecule has 0 saturated carbocycles. The second kappa shape index (κ2) is 8.37. The number of thioether (sulfide) groups is 1. The molecule has 0 spiro atoms. The lowest BCUT2D eigenvalue weighted by atomic mass is 10.1. The van der Waals surface area contributed by atoms with Crippen molar-refractivity contribution in [2.45, 2.75) is 32.4 Å². The van der Waals surface area contributed by atoms with Crippen LogP contribution in [-0.2, 0) is 9.59 Å². The number of amides is 2. The van der Waals surface area contributed by atoms with E-state index < -0.39 is 5.25 Å². The number of anilines is 1. The zero-order chi connectivity index (χ0) is 20.4. The molecule has 0 aromatic heterocycles. The van der Waals surface area contributed by atoms with Gasteiger partial charge in [0.25, 0.3) is 0 Å². The number of amidine groups is 1. The van der Waals surface area contributed by atoms with Gasteiger partial charge in [-0.05, 0) is 56.2 Å². The zero-order valence-corrected chi connectivity index (χ0v) is 17.8. The number of halogens is 1. The number of nitrogens with zero attached hydrogens (tertiary/aromatic N) is 2. The number of aryl methyl sites for hydroxylation is 3. The van der Waals surface area contributed by atoms with Gasteiger partial charge in [-0.2, -0.15) is 0 Å². The predicted octanol–water partition coefficient (Wildman–Crippen LogP) is 4.86. The number of aliphatic imine (C=N–C) groups is 1. The molecule has 1 unspecified atom stereocenters. The highest BCUT2D eigenvalue weighted by atomic mass is 35.5. The molecule has 1 N–H and O–H groups in total. The molecule has 1 saturated heterocycles. The Kier molecular flexibility index (Phi) is 6.10. The summed E-state index contributed by atoms with van der Waals surface area (Å²) in [5, 5.41) is 3.65. The second-order valence-electron chi connectivity index (χ2n) is 6.90. The number of benzene rings is 2. The monoisotopic (exact) mass is 415 g/mol. The molecule has 1 aliphatic rings. The molecule has 3 rings (SSSR count). The maximum absolute atomic E-state index is 12.6. The molecule has 2 aromatic rings. The average Bonchev–Trinajstić information content (AvgIpc) is 2.88. The summed E-state index contributed by atoms with van der Waals surface area (Å²) in [6.07, 6.45) is 0.0970. The number of nitrogens with one attached hydrogen (secondary N) is 1. The van der Waals surface area contributed by atoms with E-state index >= 15 is 0 Å². The van der Waals surface area contributed by atoms with E-state index in [1.807, 2.05) is 51.1 Å². The molecule has 2 amide bonds. The van der Waals surface area contributed by atoms with Crippen LogP contribution in [0.15, 0.2) is 41.4 Å². The van der Waals surface area contributed by atoms with E-state index in [2.05, 4.69) is 10.3 Å². The third-order valence-electron chi connectivity index (χ3n) is 4.54. The quantitative estimate of drug-likeness (QED) is 0.775. The van der Waals surface area contributed by atoms with Crippen LogP contribution in [0, 0.1) is 20.8 Å². The van der Waals surface area contributed by atoms with Crippen LogP contribution in [0.2, 0.25) is 5.02 Å². The van der Waals surface area contributed by atoms with Crippen molar-refractivity contribution in [1.29, 1.82) is 0 Å². The van der Waals surface area contributed by atoms with Crippen molar-refractivity contribution in [2.75, 3.05) is 12.4 Å². The summed E-state index contributed by atoms with van der Waals surface area (Å²) in [5.41, 5.74) is 4.59. The molecule has 1 fully saturated rings. The first-order chi connectivity index (χ1) is 13.2. The van der Waals surface area contributed by atoms with Crippen molar-refractivity contribution in [3.63, 3.8) is 0 Å². The molecule has 0 aliphatic carbocycles. The first-order valence-electron chi connectivity index (χ1n) is 8.91. The van der Waals surface area contributed by atoms with Gasteiger partial charge in [-0.15, -0.1) is 0 Å². The third-order valence-corrected chi connectivity index (χ3v) is 6.01. The fourth-order valence-corrected chi connectivity index (χ4v) is 4.34. The summed E-state index contributed by atoms with van der Waals surface area (Å²) < 4.78 is 0. The van der Waals surface area contributed by atoms with Crippen molar-refractivity contribution in [3.8, 4) is 0 Å². The van der Waals surface area contributed by atoms with Crippen molar-refractivity contribution in [1.82, 2.24) is 4.90 Å². The Morgan fingerprint density at radius 1 is 1.18 bits per heavy atom. The molecule has 1 aliphatic heterocycles. The van der Waals surface area contributed by atoms with Crippen LogP contribution < -0.4 is 5.32 Å². The van der Waals surface area contributed by atoms with Crippen molar-refractivity contribution < 1.29 is 9.59 Å². The Bertz CT molecular complexity index is 974. The molecule has 1 atom stereocenters. The first-order valence-corrected chi connectivity index (χ1v) is 10.2. The molecular weight excluding hydrogens is 394 g/mol. The summed E-state index contributed by atoms with van der Waals surface area (Å²) in [5.74, 6) is -0.304. The smallest absolute Gasteiger partial charge is 0.242 e. The van der Waals surface area contributed by atoms with Crippen LogP contribution in [0.25, 0.3) is 0 Å². The van der Waals surface area contributed by atoms with Crippen LogP contribution in [0.3, 0.4) is 0 Å². The fraction of sp³-hybridized carbons (Fsp3) is 0.286. The van der Waals surface area contributed by atoms with Crippen LogP contribution in [0.4, 0.5) is 11.4 Å². The van der Waals surface area contributed by atoms with Gasteiger partial charge in [0.15, 0.2) is 5.17 Å². The maximum atomic E-state index is 12.6. The van der Waals surface area contributed by atoms with Crippen molar-refractivity contribution in [3.05, 3.63) is 58.1 Å². The number of carbonyl (C=O) groups excluding carboxylic acids is 2. The lowest BCUT2D eigenvalue weighted by molar-refractivity contribution is -0.127. The highest BCUT2D eigenvalue weighted by Crippen LogP contribution is 2.32. The van der Waals surface area contributed by atoms with Crippen LogP contribution in [-0.4, -0.2) is 34.2 Å². The van der Waals surface area contributed by atoms with Gasteiger partial charge >= 0.3 is 0 Å².